The molecule has 1 saturated carbocycles. The van der Waals surface area contributed by atoms with Crippen LogP contribution >= 0.6 is 12.2 Å². The number of carbonyl (C=O) groups excluding carboxylic acids is 1. The Balaban J connectivity index is 1.93. The molecule has 1 aliphatic carbocycles. The lowest BCUT2D eigenvalue weighted by atomic mass is 10.2. The Labute approximate surface area is 100 Å². The molecule has 3 nitrogen and oxygen atoms in total. The monoisotopic (exact) mass is 234 g/mol. The zero-order valence-electron chi connectivity index (χ0n) is 8.90. The van der Waals surface area contributed by atoms with Crippen molar-refractivity contribution in [3.05, 3.63) is 29.8 Å². The molecule has 1 fully saturated rings. The fraction of sp³-hybridized carbons (Fsp3) is 0.333. The van der Waals surface area contributed by atoms with E-state index in [0.29, 0.717) is 17.3 Å². The number of benzene rings is 1. The van der Waals surface area contributed by atoms with Crippen LogP contribution in [0.2, 0.25) is 0 Å². The highest BCUT2D eigenvalue weighted by molar-refractivity contribution is 7.80. The van der Waals surface area contributed by atoms with Crippen LogP contribution in [0.3, 0.4) is 0 Å². The quantitative estimate of drug-likeness (QED) is 0.784. The summed E-state index contributed by atoms with van der Waals surface area (Å²) in [6.45, 7) is 0. The molecule has 84 valence electrons. The second-order valence-electron chi connectivity index (χ2n) is 4.14. The first-order valence-corrected chi connectivity index (χ1v) is 5.75. The minimum atomic E-state index is 0.0885. The van der Waals surface area contributed by atoms with E-state index in [1.165, 1.54) is 12.8 Å². The van der Waals surface area contributed by atoms with Crippen molar-refractivity contribution in [2.24, 2.45) is 11.7 Å². The zero-order chi connectivity index (χ0) is 11.5. The van der Waals surface area contributed by atoms with Gasteiger partial charge in [0.2, 0.25) is 5.91 Å². The van der Waals surface area contributed by atoms with E-state index in [-0.39, 0.29) is 5.91 Å². The zero-order valence-corrected chi connectivity index (χ0v) is 9.72. The second kappa shape index (κ2) is 4.61. The van der Waals surface area contributed by atoms with Crippen LogP contribution < -0.4 is 11.1 Å². The number of rotatable bonds is 4. The van der Waals surface area contributed by atoms with Gasteiger partial charge in [0, 0.05) is 17.7 Å². The molecule has 1 aliphatic rings. The van der Waals surface area contributed by atoms with E-state index < -0.39 is 0 Å². The first-order chi connectivity index (χ1) is 7.65. The number of thiocarbonyl (C=S) groups is 1. The lowest BCUT2D eigenvalue weighted by molar-refractivity contribution is -0.116. The third kappa shape index (κ3) is 3.03. The van der Waals surface area contributed by atoms with E-state index in [2.05, 4.69) is 5.32 Å². The summed E-state index contributed by atoms with van der Waals surface area (Å²) in [6, 6.07) is 7.27. The summed E-state index contributed by atoms with van der Waals surface area (Å²) in [5, 5.41) is 2.86. The first kappa shape index (κ1) is 11.1. The van der Waals surface area contributed by atoms with Crippen LogP contribution in [0.4, 0.5) is 5.69 Å². The van der Waals surface area contributed by atoms with Crippen LogP contribution in [0, 0.1) is 5.92 Å². The van der Waals surface area contributed by atoms with Gasteiger partial charge in [0.1, 0.15) is 4.99 Å². The van der Waals surface area contributed by atoms with Gasteiger partial charge in [-0.1, -0.05) is 12.2 Å². The third-order valence-electron chi connectivity index (χ3n) is 2.62. The lowest BCUT2D eigenvalue weighted by Gasteiger charge is -2.05. The molecule has 16 heavy (non-hydrogen) atoms. The van der Waals surface area contributed by atoms with Gasteiger partial charge in [-0.3, -0.25) is 4.79 Å². The number of anilines is 1. The number of carbonyl (C=O) groups is 1. The Morgan fingerprint density at radius 1 is 1.38 bits per heavy atom. The van der Waals surface area contributed by atoms with E-state index >= 15 is 0 Å². The highest BCUT2D eigenvalue weighted by Crippen LogP contribution is 2.32. The summed E-state index contributed by atoms with van der Waals surface area (Å²) >= 11 is 4.85. The van der Waals surface area contributed by atoms with Crippen molar-refractivity contribution in [3.63, 3.8) is 0 Å². The maximum Gasteiger partial charge on any atom is 0.224 e. The minimum Gasteiger partial charge on any atom is -0.389 e. The van der Waals surface area contributed by atoms with Gasteiger partial charge in [-0.2, -0.15) is 0 Å². The summed E-state index contributed by atoms with van der Waals surface area (Å²) < 4.78 is 0. The Hall–Kier alpha value is -1.42. The molecule has 0 atom stereocenters. The topological polar surface area (TPSA) is 55.1 Å². The van der Waals surface area contributed by atoms with Gasteiger partial charge in [0.25, 0.3) is 0 Å². The fourth-order valence-corrected chi connectivity index (χ4v) is 1.65. The van der Waals surface area contributed by atoms with E-state index in [1.54, 1.807) is 0 Å². The van der Waals surface area contributed by atoms with Gasteiger partial charge in [0.05, 0.1) is 0 Å². The van der Waals surface area contributed by atoms with Gasteiger partial charge in [0.15, 0.2) is 0 Å². The summed E-state index contributed by atoms with van der Waals surface area (Å²) in [5.74, 6) is 0.696. The normalized spacial score (nSPS) is 14.5. The average molecular weight is 234 g/mol. The molecule has 0 radical (unpaired) electrons. The number of nitrogens with one attached hydrogen (secondary N) is 1. The minimum absolute atomic E-state index is 0.0885. The van der Waals surface area contributed by atoms with Crippen LogP contribution in [0.5, 0.6) is 0 Å². The summed E-state index contributed by atoms with van der Waals surface area (Å²) in [7, 11) is 0. The van der Waals surface area contributed by atoms with Crippen LogP contribution in [0.25, 0.3) is 0 Å². The second-order valence-corrected chi connectivity index (χ2v) is 4.58. The molecule has 1 aromatic carbocycles. The fourth-order valence-electron chi connectivity index (χ4n) is 1.51. The average Bonchev–Trinajstić information content (AvgIpc) is 3.02. The molecule has 0 heterocycles. The summed E-state index contributed by atoms with van der Waals surface area (Å²) in [6.07, 6.45) is 3.01. The van der Waals surface area contributed by atoms with Gasteiger partial charge in [-0.25, -0.2) is 0 Å². The van der Waals surface area contributed by atoms with Crippen molar-refractivity contribution >= 4 is 28.8 Å². The predicted octanol–water partition coefficient (Wildman–Crippen LogP) is 2.06. The molecular formula is C12H14N2OS. The Bertz CT molecular complexity index is 410. The standard InChI is InChI=1S/C12H14N2OS/c13-12(16)9-3-5-10(6-4-9)14-11(15)7-8-1-2-8/h3-6,8H,1-2,7H2,(H2,13,16)(H,14,15). The van der Waals surface area contributed by atoms with E-state index in [1.807, 2.05) is 24.3 Å². The maximum atomic E-state index is 11.5. The molecule has 4 heteroatoms. The number of hydrogen-bond donors (Lipinski definition) is 2. The van der Waals surface area contributed by atoms with Crippen molar-refractivity contribution in [1.29, 1.82) is 0 Å². The highest BCUT2D eigenvalue weighted by atomic mass is 32.1. The van der Waals surface area contributed by atoms with E-state index in [9.17, 15) is 4.79 Å². The van der Waals surface area contributed by atoms with Crippen molar-refractivity contribution < 1.29 is 4.79 Å². The van der Waals surface area contributed by atoms with Crippen LogP contribution in [-0.4, -0.2) is 10.9 Å². The van der Waals surface area contributed by atoms with E-state index in [0.717, 1.165) is 11.3 Å². The van der Waals surface area contributed by atoms with Gasteiger partial charge in [-0.15, -0.1) is 0 Å². The van der Waals surface area contributed by atoms with Crippen molar-refractivity contribution in [2.75, 3.05) is 5.32 Å². The van der Waals surface area contributed by atoms with Crippen LogP contribution in [-0.2, 0) is 4.79 Å². The third-order valence-corrected chi connectivity index (χ3v) is 2.86. The molecule has 0 bridgehead atoms. The maximum absolute atomic E-state index is 11.5. The lowest BCUT2D eigenvalue weighted by Crippen LogP contribution is -2.13. The van der Waals surface area contributed by atoms with Crippen molar-refractivity contribution in [2.45, 2.75) is 19.3 Å². The molecule has 0 aromatic heterocycles. The molecule has 3 N–H and O–H groups in total. The number of hydrogen-bond acceptors (Lipinski definition) is 2. The Kier molecular flexibility index (Phi) is 3.19. The molecule has 0 saturated heterocycles. The molecule has 0 spiro atoms. The number of amides is 1. The smallest absolute Gasteiger partial charge is 0.224 e. The Morgan fingerprint density at radius 2 is 2.00 bits per heavy atom. The number of nitrogens with two attached hydrogens (primary N) is 1. The Morgan fingerprint density at radius 3 is 2.50 bits per heavy atom. The summed E-state index contributed by atoms with van der Waals surface area (Å²) in [5.41, 5.74) is 7.10. The van der Waals surface area contributed by atoms with Crippen molar-refractivity contribution in [3.8, 4) is 0 Å². The highest BCUT2D eigenvalue weighted by Gasteiger charge is 2.24. The molecule has 2 rings (SSSR count). The van der Waals surface area contributed by atoms with Crippen LogP contribution in [0.1, 0.15) is 24.8 Å². The summed E-state index contributed by atoms with van der Waals surface area (Å²) in [4.78, 5) is 11.9. The predicted molar refractivity (Wildman–Crippen MR) is 68.3 cm³/mol. The van der Waals surface area contributed by atoms with E-state index in [4.69, 9.17) is 18.0 Å². The molecule has 1 aromatic rings. The van der Waals surface area contributed by atoms with Gasteiger partial charge in [-0.05, 0) is 43.0 Å². The first-order valence-electron chi connectivity index (χ1n) is 5.35. The SMILES string of the molecule is NC(=S)c1ccc(NC(=O)CC2CC2)cc1. The molecular weight excluding hydrogens is 220 g/mol. The molecule has 0 unspecified atom stereocenters. The van der Waals surface area contributed by atoms with Crippen LogP contribution in [0.15, 0.2) is 24.3 Å². The molecule has 0 aliphatic heterocycles. The van der Waals surface area contributed by atoms with Crippen molar-refractivity contribution in [1.82, 2.24) is 0 Å². The largest absolute Gasteiger partial charge is 0.389 e. The molecule has 1 amide bonds. The van der Waals surface area contributed by atoms with Gasteiger partial charge >= 0.3 is 0 Å². The van der Waals surface area contributed by atoms with Gasteiger partial charge < -0.3 is 11.1 Å².